The highest BCUT2D eigenvalue weighted by molar-refractivity contribution is 5.94. The second-order valence-electron chi connectivity index (χ2n) is 8.56. The van der Waals surface area contributed by atoms with E-state index in [-0.39, 0.29) is 17.6 Å². The molecule has 0 aliphatic carbocycles. The van der Waals surface area contributed by atoms with Crippen LogP contribution in [0.5, 0.6) is 0 Å². The van der Waals surface area contributed by atoms with E-state index in [9.17, 15) is 9.18 Å². The summed E-state index contributed by atoms with van der Waals surface area (Å²) in [6.07, 6.45) is 11.5. The Balaban J connectivity index is 1.25. The van der Waals surface area contributed by atoms with E-state index in [1.54, 1.807) is 55.2 Å². The van der Waals surface area contributed by atoms with E-state index in [0.717, 1.165) is 42.9 Å². The fraction of sp³-hybridized carbons (Fsp3) is 0.269. The number of carbonyl (C=O) groups excluding carboxylic acids is 1. The molecule has 4 heterocycles. The zero-order chi connectivity index (χ0) is 23.3. The van der Waals surface area contributed by atoms with Crippen LogP contribution in [0.3, 0.4) is 0 Å². The number of hydrogen-bond donors (Lipinski definition) is 1. The lowest BCUT2D eigenvalue weighted by molar-refractivity contribution is 0.0672. The van der Waals surface area contributed by atoms with Crippen LogP contribution in [0.4, 0.5) is 4.39 Å². The molecule has 1 amide bonds. The molecule has 0 radical (unpaired) electrons. The summed E-state index contributed by atoms with van der Waals surface area (Å²) in [5.74, 6) is 0.715. The molecule has 7 nitrogen and oxygen atoms in total. The molecule has 4 aromatic rings. The number of hydrogen-bond acceptors (Lipinski definition) is 5. The van der Waals surface area contributed by atoms with Gasteiger partial charge in [-0.2, -0.15) is 0 Å². The molecule has 3 aromatic heterocycles. The number of pyridine rings is 1. The van der Waals surface area contributed by atoms with Crippen molar-refractivity contribution in [1.29, 1.82) is 0 Å². The van der Waals surface area contributed by atoms with Crippen molar-refractivity contribution < 1.29 is 9.18 Å². The van der Waals surface area contributed by atoms with Gasteiger partial charge in [0.15, 0.2) is 5.82 Å². The van der Waals surface area contributed by atoms with Gasteiger partial charge in [0.25, 0.3) is 5.91 Å². The van der Waals surface area contributed by atoms with Gasteiger partial charge in [-0.25, -0.2) is 14.4 Å². The van der Waals surface area contributed by atoms with Gasteiger partial charge in [-0.15, -0.1) is 0 Å². The summed E-state index contributed by atoms with van der Waals surface area (Å²) in [7, 11) is 0. The molecule has 0 unspecified atom stereocenters. The Morgan fingerprint density at radius 2 is 1.94 bits per heavy atom. The zero-order valence-electron chi connectivity index (χ0n) is 18.7. The number of benzene rings is 1. The van der Waals surface area contributed by atoms with Crippen LogP contribution < -0.4 is 0 Å². The molecule has 172 valence electrons. The van der Waals surface area contributed by atoms with E-state index < -0.39 is 0 Å². The average Bonchev–Trinajstić information content (AvgIpc) is 3.41. The normalized spacial score (nSPS) is 15.9. The van der Waals surface area contributed by atoms with Crippen LogP contribution in [-0.4, -0.2) is 48.8 Å². The summed E-state index contributed by atoms with van der Waals surface area (Å²) in [5.41, 5.74) is 3.51. The van der Waals surface area contributed by atoms with Crippen molar-refractivity contribution in [3.8, 4) is 11.5 Å². The third-order valence-corrected chi connectivity index (χ3v) is 6.19. The fourth-order valence-electron chi connectivity index (χ4n) is 4.47. The maximum absolute atomic E-state index is 13.9. The van der Waals surface area contributed by atoms with Gasteiger partial charge in [0, 0.05) is 56.2 Å². The summed E-state index contributed by atoms with van der Waals surface area (Å²) in [4.78, 5) is 35.9. The maximum atomic E-state index is 13.9. The molecule has 8 heteroatoms. The Bertz CT molecular complexity index is 1260. The number of carbonyl (C=O) groups is 1. The van der Waals surface area contributed by atoms with Gasteiger partial charge in [-0.3, -0.25) is 14.8 Å². The Morgan fingerprint density at radius 3 is 2.74 bits per heavy atom. The molecule has 34 heavy (non-hydrogen) atoms. The Labute approximate surface area is 197 Å². The lowest BCUT2D eigenvalue weighted by Crippen LogP contribution is -2.40. The first-order chi connectivity index (χ1) is 16.7. The molecular weight excluding hydrogens is 431 g/mol. The van der Waals surface area contributed by atoms with Crippen LogP contribution in [0.2, 0.25) is 0 Å². The van der Waals surface area contributed by atoms with Crippen molar-refractivity contribution in [2.45, 2.75) is 25.7 Å². The lowest BCUT2D eigenvalue weighted by Gasteiger charge is -2.33. The number of rotatable bonds is 6. The monoisotopic (exact) mass is 456 g/mol. The molecule has 1 atom stereocenters. The maximum Gasteiger partial charge on any atom is 0.255 e. The first-order valence-corrected chi connectivity index (χ1v) is 11.4. The number of nitrogens with one attached hydrogen (secondary N) is 1. The number of likely N-dealkylation sites (tertiary alicyclic amines) is 1. The largest absolute Gasteiger partial charge is 0.343 e. The van der Waals surface area contributed by atoms with Gasteiger partial charge in [0.2, 0.25) is 0 Å². The number of amides is 1. The number of H-pyrrole nitrogens is 1. The third kappa shape index (κ3) is 4.85. The Morgan fingerprint density at radius 1 is 1.06 bits per heavy atom. The van der Waals surface area contributed by atoms with Gasteiger partial charge < -0.3 is 9.88 Å². The first kappa shape index (κ1) is 21.9. The quantitative estimate of drug-likeness (QED) is 0.472. The standard InChI is InChI=1S/C26H25FN6O/c27-22-6-2-1-5-19(22)15-21-8-7-20(16-32-21)26(34)33-13-3-4-18(17-33)14-23-24(29-10-9-28-23)25-30-11-12-31-25/h1-2,5-12,16,18H,3-4,13-15,17H2,(H,30,31)/t18-/m1/s1. The van der Waals surface area contributed by atoms with E-state index in [2.05, 4.69) is 24.9 Å². The number of halogens is 1. The summed E-state index contributed by atoms with van der Waals surface area (Å²) >= 11 is 0. The summed E-state index contributed by atoms with van der Waals surface area (Å²) in [6.45, 7) is 1.38. The van der Waals surface area contributed by atoms with Gasteiger partial charge in [0.1, 0.15) is 11.5 Å². The van der Waals surface area contributed by atoms with Crippen molar-refractivity contribution in [2.24, 2.45) is 5.92 Å². The van der Waals surface area contributed by atoms with Gasteiger partial charge in [-0.05, 0) is 48.9 Å². The van der Waals surface area contributed by atoms with Crippen LogP contribution in [0.15, 0.2) is 67.4 Å². The van der Waals surface area contributed by atoms with E-state index in [4.69, 9.17) is 0 Å². The third-order valence-electron chi connectivity index (χ3n) is 6.19. The average molecular weight is 457 g/mol. The molecule has 5 rings (SSSR count). The lowest BCUT2D eigenvalue weighted by atomic mass is 9.92. The minimum Gasteiger partial charge on any atom is -0.343 e. The highest BCUT2D eigenvalue weighted by Crippen LogP contribution is 2.25. The predicted molar refractivity (Wildman–Crippen MR) is 125 cm³/mol. The molecule has 1 aliphatic rings. The molecule has 1 N–H and O–H groups in total. The zero-order valence-corrected chi connectivity index (χ0v) is 18.7. The van der Waals surface area contributed by atoms with E-state index in [1.807, 2.05) is 11.0 Å². The topological polar surface area (TPSA) is 87.7 Å². The first-order valence-electron chi connectivity index (χ1n) is 11.4. The van der Waals surface area contributed by atoms with Crippen molar-refractivity contribution >= 4 is 5.91 Å². The number of aromatic amines is 1. The number of imidazole rings is 1. The second kappa shape index (κ2) is 9.91. The summed E-state index contributed by atoms with van der Waals surface area (Å²) in [5, 5.41) is 0. The van der Waals surface area contributed by atoms with Crippen molar-refractivity contribution in [1.82, 2.24) is 29.8 Å². The predicted octanol–water partition coefficient (Wildman–Crippen LogP) is 4.09. The van der Waals surface area contributed by atoms with Crippen LogP contribution in [-0.2, 0) is 12.8 Å². The Kier molecular flexibility index (Phi) is 6.38. The minimum absolute atomic E-state index is 0.0277. The number of aromatic nitrogens is 5. The van der Waals surface area contributed by atoms with Gasteiger partial charge >= 0.3 is 0 Å². The number of piperidine rings is 1. The molecule has 1 aliphatic heterocycles. The molecule has 1 aromatic carbocycles. The summed E-state index contributed by atoms with van der Waals surface area (Å²) < 4.78 is 13.9. The van der Waals surface area contributed by atoms with Crippen molar-refractivity contribution in [3.63, 3.8) is 0 Å². The fourth-order valence-corrected chi connectivity index (χ4v) is 4.47. The van der Waals surface area contributed by atoms with E-state index >= 15 is 0 Å². The van der Waals surface area contributed by atoms with Crippen LogP contribution in [0, 0.1) is 11.7 Å². The van der Waals surface area contributed by atoms with Crippen molar-refractivity contribution in [2.75, 3.05) is 13.1 Å². The highest BCUT2D eigenvalue weighted by Gasteiger charge is 2.26. The minimum atomic E-state index is -0.248. The SMILES string of the molecule is O=C(c1ccc(Cc2ccccc2F)nc1)N1CCC[C@H](Cc2nccnc2-c2ncc[nH]2)C1. The molecule has 0 spiro atoms. The summed E-state index contributed by atoms with van der Waals surface area (Å²) in [6, 6.07) is 10.3. The van der Waals surface area contributed by atoms with Gasteiger partial charge in [-0.1, -0.05) is 18.2 Å². The van der Waals surface area contributed by atoms with Crippen LogP contribution in [0.25, 0.3) is 11.5 Å². The van der Waals surface area contributed by atoms with Crippen LogP contribution >= 0.6 is 0 Å². The molecular formula is C26H25FN6O. The molecule has 0 saturated carbocycles. The Hall–Kier alpha value is -3.94. The van der Waals surface area contributed by atoms with E-state index in [0.29, 0.717) is 29.9 Å². The smallest absolute Gasteiger partial charge is 0.255 e. The second-order valence-corrected chi connectivity index (χ2v) is 8.56. The van der Waals surface area contributed by atoms with Crippen LogP contribution in [0.1, 0.15) is 40.2 Å². The molecule has 1 fully saturated rings. The van der Waals surface area contributed by atoms with Crippen molar-refractivity contribution in [3.05, 3.63) is 95.7 Å². The van der Waals surface area contributed by atoms with Gasteiger partial charge in [0.05, 0.1) is 11.3 Å². The molecule has 1 saturated heterocycles. The number of nitrogens with zero attached hydrogens (tertiary/aromatic N) is 5. The molecule has 0 bridgehead atoms. The van der Waals surface area contributed by atoms with E-state index in [1.165, 1.54) is 6.07 Å². The highest BCUT2D eigenvalue weighted by atomic mass is 19.1.